The third-order valence-corrected chi connectivity index (χ3v) is 5.69. The van der Waals surface area contributed by atoms with E-state index in [-0.39, 0.29) is 5.78 Å². The highest BCUT2D eigenvalue weighted by molar-refractivity contribution is 7.99. The highest BCUT2D eigenvalue weighted by atomic mass is 32.2. The van der Waals surface area contributed by atoms with Gasteiger partial charge in [-0.15, -0.1) is 10.2 Å². The molecule has 0 aliphatic carbocycles. The molecule has 28 heavy (non-hydrogen) atoms. The third kappa shape index (κ3) is 3.99. The minimum Gasteiger partial charge on any atom is -0.306 e. The quantitative estimate of drug-likeness (QED) is 0.330. The molecule has 0 atom stereocenters. The third-order valence-electron chi connectivity index (χ3n) is 4.72. The van der Waals surface area contributed by atoms with Crippen molar-refractivity contribution < 1.29 is 4.79 Å². The zero-order chi connectivity index (χ0) is 19.3. The molecular weight excluding hydrogens is 366 g/mol. The summed E-state index contributed by atoms with van der Waals surface area (Å²) in [6, 6.07) is 24.2. The number of hydrogen-bond donors (Lipinski definition) is 0. The van der Waals surface area contributed by atoms with E-state index in [0.29, 0.717) is 5.75 Å². The number of benzene rings is 3. The number of ketones is 1. The van der Waals surface area contributed by atoms with Gasteiger partial charge in [-0.2, -0.15) is 0 Å². The lowest BCUT2D eigenvalue weighted by atomic mass is 10.1. The van der Waals surface area contributed by atoms with E-state index in [1.165, 1.54) is 17.3 Å². The minimum absolute atomic E-state index is 0.103. The number of carbonyl (C=O) groups excluding carboxylic acids is 1. The lowest BCUT2D eigenvalue weighted by molar-refractivity contribution is 0.102. The second-order valence-corrected chi connectivity index (χ2v) is 7.52. The zero-order valence-corrected chi connectivity index (χ0v) is 16.5. The molecule has 0 saturated carbocycles. The van der Waals surface area contributed by atoms with E-state index in [9.17, 15) is 4.79 Å². The highest BCUT2D eigenvalue weighted by Crippen LogP contribution is 2.22. The van der Waals surface area contributed by atoms with E-state index in [4.69, 9.17) is 0 Å². The van der Waals surface area contributed by atoms with Crippen LogP contribution in [-0.4, -0.2) is 26.3 Å². The Kier molecular flexibility index (Phi) is 5.53. The molecule has 0 aliphatic rings. The lowest BCUT2D eigenvalue weighted by Crippen LogP contribution is -2.07. The zero-order valence-electron chi connectivity index (χ0n) is 15.7. The van der Waals surface area contributed by atoms with Crippen LogP contribution in [0.25, 0.3) is 10.8 Å². The number of rotatable bonds is 7. The fourth-order valence-corrected chi connectivity index (χ4v) is 4.14. The summed E-state index contributed by atoms with van der Waals surface area (Å²) in [4.78, 5) is 12.7. The molecule has 0 radical (unpaired) electrons. The Labute approximate surface area is 168 Å². The van der Waals surface area contributed by atoms with Crippen molar-refractivity contribution in [1.29, 1.82) is 0 Å². The Morgan fingerprint density at radius 3 is 2.46 bits per heavy atom. The van der Waals surface area contributed by atoms with Gasteiger partial charge in [0.25, 0.3) is 0 Å². The van der Waals surface area contributed by atoms with Gasteiger partial charge in [0.2, 0.25) is 0 Å². The molecule has 5 heteroatoms. The van der Waals surface area contributed by atoms with E-state index in [2.05, 4.69) is 39.9 Å². The largest absolute Gasteiger partial charge is 0.306 e. The van der Waals surface area contributed by atoms with Crippen LogP contribution < -0.4 is 0 Å². The molecule has 3 aromatic carbocycles. The second-order valence-electron chi connectivity index (χ2n) is 6.58. The predicted octanol–water partition coefficient (Wildman–Crippen LogP) is 5.02. The number of fused-ring (bicyclic) bond motifs is 1. The second kappa shape index (κ2) is 8.40. The number of hydrogen-bond acceptors (Lipinski definition) is 4. The molecule has 4 rings (SSSR count). The minimum atomic E-state index is 0.103. The van der Waals surface area contributed by atoms with Crippen molar-refractivity contribution in [2.45, 2.75) is 25.0 Å². The molecule has 140 valence electrons. The maximum atomic E-state index is 12.7. The first kappa shape index (κ1) is 18.4. The molecular formula is C23H21N3OS. The summed E-state index contributed by atoms with van der Waals surface area (Å²) in [6.45, 7) is 2.86. The average molecular weight is 388 g/mol. The maximum Gasteiger partial charge on any atom is 0.191 e. The Hall–Kier alpha value is -2.92. The monoisotopic (exact) mass is 387 g/mol. The van der Waals surface area contributed by atoms with Crippen LogP contribution in [-0.2, 0) is 13.0 Å². The summed E-state index contributed by atoms with van der Waals surface area (Å²) in [5.74, 6) is 1.38. The first-order valence-corrected chi connectivity index (χ1v) is 10.3. The molecule has 0 aliphatic heterocycles. The van der Waals surface area contributed by atoms with Crippen molar-refractivity contribution in [3.63, 3.8) is 0 Å². The molecule has 0 saturated heterocycles. The van der Waals surface area contributed by atoms with Crippen LogP contribution in [0.15, 0.2) is 78.0 Å². The number of nitrogens with zero attached hydrogens (tertiary/aromatic N) is 3. The van der Waals surface area contributed by atoms with Gasteiger partial charge in [0.1, 0.15) is 5.82 Å². The molecule has 4 nitrogen and oxygen atoms in total. The van der Waals surface area contributed by atoms with Crippen molar-refractivity contribution in [2.75, 3.05) is 5.75 Å². The van der Waals surface area contributed by atoms with Gasteiger partial charge in [-0.25, -0.2) is 0 Å². The van der Waals surface area contributed by atoms with E-state index >= 15 is 0 Å². The van der Waals surface area contributed by atoms with Crippen LogP contribution in [0.3, 0.4) is 0 Å². The summed E-state index contributed by atoms with van der Waals surface area (Å²) < 4.78 is 2.09. The van der Waals surface area contributed by atoms with Crippen LogP contribution >= 0.6 is 11.8 Å². The molecule has 0 unspecified atom stereocenters. The average Bonchev–Trinajstić information content (AvgIpc) is 3.13. The topological polar surface area (TPSA) is 47.8 Å². The smallest absolute Gasteiger partial charge is 0.191 e. The van der Waals surface area contributed by atoms with Gasteiger partial charge in [-0.1, -0.05) is 78.5 Å². The summed E-state index contributed by atoms with van der Waals surface area (Å²) in [6.07, 6.45) is 0.737. The van der Waals surface area contributed by atoms with Gasteiger partial charge >= 0.3 is 0 Å². The number of aromatic nitrogens is 3. The van der Waals surface area contributed by atoms with E-state index in [1.807, 2.05) is 54.6 Å². The SMILES string of the molecule is CCn1c(Cc2ccccc2)nnc1SCC(=O)c1ccc2ccccc2c1. The molecule has 1 heterocycles. The standard InChI is InChI=1S/C23H21N3OS/c1-2-26-22(14-17-8-4-3-5-9-17)24-25-23(26)28-16-21(27)20-13-12-18-10-6-7-11-19(18)15-20/h3-13,15H,2,14,16H2,1H3. The van der Waals surface area contributed by atoms with Gasteiger partial charge in [-0.05, 0) is 29.3 Å². The summed E-state index contributed by atoms with van der Waals surface area (Å²) in [5, 5.41) is 11.7. The Bertz CT molecular complexity index is 1110. The van der Waals surface area contributed by atoms with Crippen LogP contribution in [0.4, 0.5) is 0 Å². The van der Waals surface area contributed by atoms with Gasteiger partial charge in [-0.3, -0.25) is 4.79 Å². The van der Waals surface area contributed by atoms with E-state index in [1.54, 1.807) is 0 Å². The summed E-state index contributed by atoms with van der Waals surface area (Å²) in [5.41, 5.74) is 1.94. The van der Waals surface area contributed by atoms with Crippen molar-refractivity contribution in [3.8, 4) is 0 Å². The predicted molar refractivity (Wildman–Crippen MR) is 114 cm³/mol. The van der Waals surface area contributed by atoms with Gasteiger partial charge in [0, 0.05) is 18.5 Å². The summed E-state index contributed by atoms with van der Waals surface area (Å²) in [7, 11) is 0. The molecule has 0 bridgehead atoms. The molecule has 1 aromatic heterocycles. The van der Waals surface area contributed by atoms with Crippen LogP contribution in [0.5, 0.6) is 0 Å². The molecule has 0 fully saturated rings. The Balaban J connectivity index is 1.47. The van der Waals surface area contributed by atoms with Crippen LogP contribution in [0.1, 0.15) is 28.7 Å². The van der Waals surface area contributed by atoms with Crippen molar-refractivity contribution in [3.05, 3.63) is 89.7 Å². The fourth-order valence-electron chi connectivity index (χ4n) is 3.23. The fraction of sp³-hybridized carbons (Fsp3) is 0.174. The van der Waals surface area contributed by atoms with Crippen LogP contribution in [0.2, 0.25) is 0 Å². The Morgan fingerprint density at radius 1 is 0.929 bits per heavy atom. The normalized spacial score (nSPS) is 11.0. The number of carbonyl (C=O) groups is 1. The van der Waals surface area contributed by atoms with Crippen molar-refractivity contribution >= 4 is 28.3 Å². The first-order valence-electron chi connectivity index (χ1n) is 9.35. The Morgan fingerprint density at radius 2 is 1.68 bits per heavy atom. The van der Waals surface area contributed by atoms with Crippen LogP contribution in [0, 0.1) is 0 Å². The van der Waals surface area contributed by atoms with Crippen molar-refractivity contribution in [2.24, 2.45) is 0 Å². The highest BCUT2D eigenvalue weighted by Gasteiger charge is 2.14. The van der Waals surface area contributed by atoms with Gasteiger partial charge < -0.3 is 4.57 Å². The van der Waals surface area contributed by atoms with Gasteiger partial charge in [0.15, 0.2) is 10.9 Å². The molecule has 0 N–H and O–H groups in total. The van der Waals surface area contributed by atoms with E-state index in [0.717, 1.165) is 40.3 Å². The first-order chi connectivity index (χ1) is 13.7. The summed E-state index contributed by atoms with van der Waals surface area (Å²) >= 11 is 1.45. The van der Waals surface area contributed by atoms with Gasteiger partial charge in [0.05, 0.1) is 5.75 Å². The maximum absolute atomic E-state index is 12.7. The molecule has 0 amide bonds. The molecule has 4 aromatic rings. The number of Topliss-reactive ketones (excluding diaryl/α,β-unsaturated/α-hetero) is 1. The van der Waals surface area contributed by atoms with Crippen molar-refractivity contribution in [1.82, 2.24) is 14.8 Å². The lowest BCUT2D eigenvalue weighted by Gasteiger charge is -2.07. The number of thioether (sulfide) groups is 1. The van der Waals surface area contributed by atoms with E-state index < -0.39 is 0 Å². The molecule has 0 spiro atoms.